The second kappa shape index (κ2) is 6.63. The Bertz CT molecular complexity index is 355. The fourth-order valence-electron chi connectivity index (χ4n) is 3.90. The summed E-state index contributed by atoms with van der Waals surface area (Å²) in [5, 5.41) is 0. The van der Waals surface area contributed by atoms with Gasteiger partial charge in [-0.15, -0.1) is 0 Å². The fourth-order valence-corrected chi connectivity index (χ4v) is 8.54. The molecule has 0 bridgehead atoms. The number of hydrogen-bond donors (Lipinski definition) is 0. The standard InChI is InChI=1S/2C9H18N.ClH.Ga/c2*1-8(2)6-5-7-10-9(8,3)4;;/h2*5-7H2,1-4H3;1H;/q2*-1;;+3/p-1. The molecule has 4 heteroatoms. The van der Waals surface area contributed by atoms with E-state index in [1.54, 1.807) is 0 Å². The van der Waals surface area contributed by atoms with Gasteiger partial charge in [-0.05, 0) is 0 Å². The first-order valence-corrected chi connectivity index (χ1v) is 11.0. The maximum Gasteiger partial charge on any atom is -1.00 e. The largest absolute Gasteiger partial charge is 1.00 e. The molecule has 0 aromatic heterocycles. The van der Waals surface area contributed by atoms with Gasteiger partial charge in [0, 0.05) is 0 Å². The number of nitrogens with zero attached hydrogens (tertiary/aromatic N) is 2. The molecule has 2 aliphatic heterocycles. The van der Waals surface area contributed by atoms with Crippen LogP contribution in [0.25, 0.3) is 0 Å². The molecule has 0 N–H and O–H groups in total. The number of piperidine rings is 2. The zero-order valence-corrected chi connectivity index (χ0v) is 19.3. The summed E-state index contributed by atoms with van der Waals surface area (Å²) in [5.41, 5.74) is 1.59. The van der Waals surface area contributed by atoms with Crippen molar-refractivity contribution in [3.63, 3.8) is 0 Å². The van der Waals surface area contributed by atoms with E-state index in [1.807, 2.05) is 0 Å². The third kappa shape index (κ3) is 3.44. The van der Waals surface area contributed by atoms with Crippen molar-refractivity contribution < 1.29 is 12.4 Å². The molecule has 128 valence electrons. The van der Waals surface area contributed by atoms with Crippen LogP contribution in [0.3, 0.4) is 0 Å². The molecule has 2 rings (SSSR count). The molecular formula is C18H36ClGaN2. The van der Waals surface area contributed by atoms with E-state index in [9.17, 15) is 0 Å². The minimum absolute atomic E-state index is 0. The van der Waals surface area contributed by atoms with Crippen molar-refractivity contribution >= 4 is 17.9 Å². The Labute approximate surface area is 153 Å². The maximum absolute atomic E-state index is 2.91. The predicted octanol–water partition coefficient (Wildman–Crippen LogP) is 1.33. The first kappa shape index (κ1) is 20.9. The van der Waals surface area contributed by atoms with E-state index < -0.39 is 17.9 Å². The third-order valence-electron chi connectivity index (χ3n) is 7.43. The Morgan fingerprint density at radius 2 is 0.955 bits per heavy atom. The molecular weight excluding hydrogens is 349 g/mol. The monoisotopic (exact) mass is 384 g/mol. The smallest absolute Gasteiger partial charge is 1.00 e. The number of halogens is 1. The predicted molar refractivity (Wildman–Crippen MR) is 93.4 cm³/mol. The molecule has 2 heterocycles. The molecule has 0 aromatic carbocycles. The van der Waals surface area contributed by atoms with Crippen LogP contribution in [0.15, 0.2) is 0 Å². The Balaban J connectivity index is 0.00000242. The van der Waals surface area contributed by atoms with Crippen molar-refractivity contribution in [2.24, 2.45) is 10.8 Å². The molecule has 2 aliphatic rings. The van der Waals surface area contributed by atoms with Crippen molar-refractivity contribution in [3.05, 3.63) is 0 Å². The van der Waals surface area contributed by atoms with Crippen LogP contribution in [0.4, 0.5) is 0 Å². The molecule has 0 aromatic rings. The molecule has 0 atom stereocenters. The topological polar surface area (TPSA) is 6.48 Å². The van der Waals surface area contributed by atoms with E-state index in [1.165, 1.54) is 38.8 Å². The van der Waals surface area contributed by atoms with Crippen molar-refractivity contribution in [1.82, 2.24) is 7.21 Å². The van der Waals surface area contributed by atoms with Crippen molar-refractivity contribution in [3.8, 4) is 0 Å². The Morgan fingerprint density at radius 1 is 0.636 bits per heavy atom. The summed E-state index contributed by atoms with van der Waals surface area (Å²) < 4.78 is 5.81. The van der Waals surface area contributed by atoms with Gasteiger partial charge in [-0.1, -0.05) is 0 Å². The van der Waals surface area contributed by atoms with E-state index in [4.69, 9.17) is 0 Å². The summed E-state index contributed by atoms with van der Waals surface area (Å²) in [4.78, 5) is 0. The van der Waals surface area contributed by atoms with Crippen molar-refractivity contribution in [2.45, 2.75) is 92.2 Å². The molecule has 2 fully saturated rings. The van der Waals surface area contributed by atoms with E-state index in [0.717, 1.165) is 0 Å². The molecule has 0 saturated carbocycles. The first-order valence-electron chi connectivity index (χ1n) is 8.80. The fraction of sp³-hybridized carbons (Fsp3) is 1.00. The van der Waals surface area contributed by atoms with Gasteiger partial charge in [-0.25, -0.2) is 0 Å². The second-order valence-electron chi connectivity index (χ2n) is 9.60. The van der Waals surface area contributed by atoms with Crippen LogP contribution in [-0.2, 0) is 0 Å². The van der Waals surface area contributed by atoms with Gasteiger partial charge in [0.2, 0.25) is 0 Å². The normalized spacial score (nSPS) is 30.2. The van der Waals surface area contributed by atoms with E-state index in [0.29, 0.717) is 21.9 Å². The van der Waals surface area contributed by atoms with E-state index >= 15 is 0 Å². The summed E-state index contributed by atoms with van der Waals surface area (Å²) in [5.74, 6) is 0. The number of hydrogen-bond acceptors (Lipinski definition) is 2. The summed E-state index contributed by atoms with van der Waals surface area (Å²) in [6.07, 6.45) is 5.52. The molecule has 0 amide bonds. The SMILES string of the molecule is CC1(C)CCC[N]([Ga+][N]2CCCC(C)(C)C2(C)C)C1(C)C.[Cl-]. The van der Waals surface area contributed by atoms with Crippen molar-refractivity contribution in [2.75, 3.05) is 13.1 Å². The van der Waals surface area contributed by atoms with Crippen LogP contribution in [0.1, 0.15) is 81.1 Å². The van der Waals surface area contributed by atoms with E-state index in [-0.39, 0.29) is 12.4 Å². The van der Waals surface area contributed by atoms with Gasteiger partial charge in [-0.3, -0.25) is 0 Å². The van der Waals surface area contributed by atoms with Crippen molar-refractivity contribution in [1.29, 1.82) is 0 Å². The minimum atomic E-state index is -0.546. The number of rotatable bonds is 2. The summed E-state index contributed by atoms with van der Waals surface area (Å²) in [7, 11) is 0. The van der Waals surface area contributed by atoms with Crippen LogP contribution in [0.2, 0.25) is 0 Å². The maximum atomic E-state index is 2.91. The summed E-state index contributed by atoms with van der Waals surface area (Å²) in [6, 6.07) is 0. The van der Waals surface area contributed by atoms with E-state index in [2.05, 4.69) is 62.6 Å². The molecule has 0 spiro atoms. The van der Waals surface area contributed by atoms with Crippen LogP contribution >= 0.6 is 0 Å². The zero-order chi connectivity index (χ0) is 16.1. The van der Waals surface area contributed by atoms with Gasteiger partial charge in [0.25, 0.3) is 0 Å². The van der Waals surface area contributed by atoms with Gasteiger partial charge in [-0.2, -0.15) is 0 Å². The Hall–Kier alpha value is 0.846. The quantitative estimate of drug-likeness (QED) is 0.662. The van der Waals surface area contributed by atoms with Crippen LogP contribution < -0.4 is 12.4 Å². The first-order chi connectivity index (χ1) is 9.42. The second-order valence-corrected chi connectivity index (χ2v) is 12.7. The van der Waals surface area contributed by atoms with Gasteiger partial charge >= 0.3 is 141 Å². The average Bonchev–Trinajstić information content (AvgIpc) is 2.31. The molecule has 0 unspecified atom stereocenters. The average molecular weight is 386 g/mol. The molecule has 2 nitrogen and oxygen atoms in total. The van der Waals surface area contributed by atoms with Gasteiger partial charge < -0.3 is 12.4 Å². The summed E-state index contributed by atoms with van der Waals surface area (Å²) in [6.45, 7) is 22.5. The minimum Gasteiger partial charge on any atom is -1.00 e. The Morgan fingerprint density at radius 3 is 1.27 bits per heavy atom. The molecule has 0 aliphatic carbocycles. The zero-order valence-electron chi connectivity index (χ0n) is 16.1. The summed E-state index contributed by atoms with van der Waals surface area (Å²) >= 11 is -0.546. The van der Waals surface area contributed by atoms with Gasteiger partial charge in [0.1, 0.15) is 0 Å². The van der Waals surface area contributed by atoms with Gasteiger partial charge in [0.05, 0.1) is 0 Å². The molecule has 22 heavy (non-hydrogen) atoms. The third-order valence-corrected chi connectivity index (χ3v) is 12.4. The Kier molecular flexibility index (Phi) is 6.29. The van der Waals surface area contributed by atoms with Gasteiger partial charge in [0.15, 0.2) is 0 Å². The molecule has 0 radical (unpaired) electrons. The van der Waals surface area contributed by atoms with Crippen LogP contribution in [0.5, 0.6) is 0 Å². The van der Waals surface area contributed by atoms with Crippen LogP contribution in [-0.4, -0.2) is 49.3 Å². The van der Waals surface area contributed by atoms with Crippen LogP contribution in [0, 0.1) is 10.8 Å². The molecule has 2 saturated heterocycles.